The second-order valence-corrected chi connectivity index (χ2v) is 10.1. The van der Waals surface area contributed by atoms with Crippen LogP contribution in [0.2, 0.25) is 0 Å². The molecule has 1 aliphatic rings. The predicted octanol–water partition coefficient (Wildman–Crippen LogP) is 5.88. The Labute approximate surface area is 178 Å². The summed E-state index contributed by atoms with van der Waals surface area (Å²) in [5.41, 5.74) is 3.84. The molecule has 0 unspecified atom stereocenters. The molecule has 3 rings (SSSR count). The summed E-state index contributed by atoms with van der Waals surface area (Å²) in [6.45, 7) is 8.16. The molecule has 2 aromatic rings. The minimum atomic E-state index is -0.811. The first-order chi connectivity index (χ1) is 13.8. The van der Waals surface area contributed by atoms with Gasteiger partial charge in [0.2, 0.25) is 0 Å². The van der Waals surface area contributed by atoms with Crippen LogP contribution in [0.1, 0.15) is 79.2 Å². The van der Waals surface area contributed by atoms with E-state index in [-0.39, 0.29) is 5.41 Å². The van der Waals surface area contributed by atoms with Crippen molar-refractivity contribution in [1.29, 1.82) is 0 Å². The lowest BCUT2D eigenvalue weighted by atomic mass is 9.76. The minimum absolute atomic E-state index is 0.154. The number of benzene rings is 1. The number of carboxylic acid groups (broad SMARTS) is 1. The van der Waals surface area contributed by atoms with Gasteiger partial charge in [0.25, 0.3) is 0 Å². The van der Waals surface area contributed by atoms with E-state index in [1.54, 1.807) is 11.3 Å². The monoisotopic (exact) mass is 414 g/mol. The fourth-order valence-electron chi connectivity index (χ4n) is 4.26. The standard InChI is InChI=1S/C24H34N2O2S/c1-4-5-6-9-14-26(25)16-17-10-7-8-11-18(17)22-21(23(27)28)19-15-24(2,3)13-12-20(19)29-22/h7-8,10-11H,4-6,9,12-16,25H2,1-3H3,(H,27,28). The lowest BCUT2D eigenvalue weighted by Gasteiger charge is -2.29. The van der Waals surface area contributed by atoms with Crippen molar-refractivity contribution in [3.05, 3.63) is 45.8 Å². The third-order valence-electron chi connectivity index (χ3n) is 5.92. The van der Waals surface area contributed by atoms with Crippen LogP contribution in [0.4, 0.5) is 0 Å². The van der Waals surface area contributed by atoms with Crippen molar-refractivity contribution in [3.8, 4) is 10.4 Å². The maximum atomic E-state index is 12.2. The van der Waals surface area contributed by atoms with E-state index in [1.807, 2.05) is 17.1 Å². The maximum absolute atomic E-state index is 12.2. The number of aromatic carboxylic acids is 1. The van der Waals surface area contributed by atoms with Crippen molar-refractivity contribution in [2.24, 2.45) is 11.3 Å². The molecule has 0 saturated heterocycles. The molecule has 1 heterocycles. The summed E-state index contributed by atoms with van der Waals surface area (Å²) in [7, 11) is 0. The van der Waals surface area contributed by atoms with Crippen molar-refractivity contribution in [2.45, 2.75) is 72.3 Å². The molecule has 1 aromatic heterocycles. The van der Waals surface area contributed by atoms with Crippen LogP contribution in [0, 0.1) is 5.41 Å². The van der Waals surface area contributed by atoms with Crippen LogP contribution >= 0.6 is 11.3 Å². The second-order valence-electron chi connectivity index (χ2n) is 9.04. The number of nitrogens with two attached hydrogens (primary N) is 1. The summed E-state index contributed by atoms with van der Waals surface area (Å²) in [6, 6.07) is 8.14. The van der Waals surface area contributed by atoms with E-state index in [0.717, 1.165) is 53.8 Å². The van der Waals surface area contributed by atoms with E-state index in [4.69, 9.17) is 5.84 Å². The molecule has 4 nitrogen and oxygen atoms in total. The Hall–Kier alpha value is -1.69. The highest BCUT2D eigenvalue weighted by atomic mass is 32.1. The van der Waals surface area contributed by atoms with Gasteiger partial charge >= 0.3 is 5.97 Å². The zero-order valence-electron chi connectivity index (χ0n) is 18.0. The molecule has 0 spiro atoms. The van der Waals surface area contributed by atoms with Crippen molar-refractivity contribution in [2.75, 3.05) is 6.54 Å². The molecule has 0 atom stereocenters. The first-order valence-electron chi connectivity index (χ1n) is 10.8. The number of hydrogen-bond acceptors (Lipinski definition) is 4. The number of carboxylic acids is 1. The minimum Gasteiger partial charge on any atom is -0.478 e. The number of nitrogens with zero attached hydrogens (tertiary/aromatic N) is 1. The Bertz CT molecular complexity index is 857. The number of hydrazine groups is 1. The molecule has 0 aliphatic heterocycles. The zero-order valence-corrected chi connectivity index (χ0v) is 18.8. The van der Waals surface area contributed by atoms with Gasteiger partial charge in [0.1, 0.15) is 0 Å². The lowest BCUT2D eigenvalue weighted by molar-refractivity contribution is 0.0696. The maximum Gasteiger partial charge on any atom is 0.337 e. The van der Waals surface area contributed by atoms with Gasteiger partial charge in [-0.1, -0.05) is 64.3 Å². The van der Waals surface area contributed by atoms with E-state index >= 15 is 0 Å². The van der Waals surface area contributed by atoms with Gasteiger partial charge in [0, 0.05) is 22.8 Å². The Morgan fingerprint density at radius 2 is 2.00 bits per heavy atom. The molecule has 158 valence electrons. The number of unbranched alkanes of at least 4 members (excludes halogenated alkanes) is 3. The largest absolute Gasteiger partial charge is 0.478 e. The topological polar surface area (TPSA) is 66.6 Å². The Morgan fingerprint density at radius 1 is 1.24 bits per heavy atom. The van der Waals surface area contributed by atoms with Crippen molar-refractivity contribution in [3.63, 3.8) is 0 Å². The van der Waals surface area contributed by atoms with Gasteiger partial charge in [-0.15, -0.1) is 11.3 Å². The smallest absolute Gasteiger partial charge is 0.337 e. The van der Waals surface area contributed by atoms with Gasteiger partial charge in [-0.05, 0) is 47.8 Å². The highest BCUT2D eigenvalue weighted by Gasteiger charge is 2.33. The summed E-state index contributed by atoms with van der Waals surface area (Å²) >= 11 is 1.67. The van der Waals surface area contributed by atoms with E-state index in [2.05, 4.69) is 32.9 Å². The van der Waals surface area contributed by atoms with Gasteiger partial charge < -0.3 is 5.11 Å². The van der Waals surface area contributed by atoms with Crippen LogP contribution in [0.5, 0.6) is 0 Å². The van der Waals surface area contributed by atoms with Crippen LogP contribution in [0.15, 0.2) is 24.3 Å². The number of hydrogen-bond donors (Lipinski definition) is 2. The molecule has 0 saturated carbocycles. The number of fused-ring (bicyclic) bond motifs is 1. The van der Waals surface area contributed by atoms with Gasteiger partial charge in [-0.3, -0.25) is 5.84 Å². The lowest BCUT2D eigenvalue weighted by Crippen LogP contribution is -2.31. The van der Waals surface area contributed by atoms with Crippen LogP contribution in [-0.2, 0) is 19.4 Å². The van der Waals surface area contributed by atoms with Crippen molar-refractivity contribution < 1.29 is 9.90 Å². The van der Waals surface area contributed by atoms with E-state index < -0.39 is 5.97 Å². The van der Waals surface area contributed by atoms with Crippen LogP contribution in [0.3, 0.4) is 0 Å². The Balaban J connectivity index is 1.90. The summed E-state index contributed by atoms with van der Waals surface area (Å²) < 4.78 is 0. The summed E-state index contributed by atoms with van der Waals surface area (Å²) in [4.78, 5) is 14.4. The van der Waals surface area contributed by atoms with Gasteiger partial charge in [-0.25, -0.2) is 9.80 Å². The molecule has 0 radical (unpaired) electrons. The molecule has 29 heavy (non-hydrogen) atoms. The molecule has 0 bridgehead atoms. The number of thiophene rings is 1. The van der Waals surface area contributed by atoms with E-state index in [9.17, 15) is 9.90 Å². The molecular weight excluding hydrogens is 380 g/mol. The Morgan fingerprint density at radius 3 is 2.72 bits per heavy atom. The molecule has 3 N–H and O–H groups in total. The van der Waals surface area contributed by atoms with E-state index in [1.165, 1.54) is 24.1 Å². The van der Waals surface area contributed by atoms with Crippen LogP contribution in [-0.4, -0.2) is 22.6 Å². The molecule has 1 aliphatic carbocycles. The van der Waals surface area contributed by atoms with Gasteiger partial charge in [-0.2, -0.15) is 0 Å². The average molecular weight is 415 g/mol. The SMILES string of the molecule is CCCCCCN(N)Cc1ccccc1-c1sc2c(c1C(=O)O)CC(C)(C)CC2. The highest BCUT2D eigenvalue weighted by molar-refractivity contribution is 7.16. The number of rotatable bonds is 9. The first-order valence-corrected chi connectivity index (χ1v) is 11.6. The molecule has 5 heteroatoms. The summed E-state index contributed by atoms with van der Waals surface area (Å²) in [5, 5.41) is 11.9. The normalized spacial score (nSPS) is 15.5. The van der Waals surface area contributed by atoms with Crippen LogP contribution < -0.4 is 5.84 Å². The quantitative estimate of drug-likeness (QED) is 0.305. The fourth-order valence-corrected chi connectivity index (χ4v) is 5.62. The third kappa shape index (κ3) is 5.27. The zero-order chi connectivity index (χ0) is 21.0. The molecule has 0 amide bonds. The first kappa shape index (κ1) is 22.0. The van der Waals surface area contributed by atoms with Crippen molar-refractivity contribution >= 4 is 17.3 Å². The van der Waals surface area contributed by atoms with Gasteiger partial charge in [0.05, 0.1) is 5.56 Å². The average Bonchev–Trinajstić information content (AvgIpc) is 3.03. The predicted molar refractivity (Wildman–Crippen MR) is 121 cm³/mol. The number of carbonyl (C=O) groups is 1. The summed E-state index contributed by atoms with van der Waals surface area (Å²) in [6.07, 6.45) is 7.65. The molecule has 1 aromatic carbocycles. The highest BCUT2D eigenvalue weighted by Crippen LogP contribution is 2.45. The summed E-state index contributed by atoms with van der Waals surface area (Å²) in [5.74, 6) is 5.48. The molecule has 0 fully saturated rings. The second kappa shape index (κ2) is 9.41. The Kier molecular flexibility index (Phi) is 7.14. The third-order valence-corrected chi connectivity index (χ3v) is 7.25. The number of aryl methyl sites for hydroxylation is 1. The molecular formula is C24H34N2O2S. The van der Waals surface area contributed by atoms with E-state index in [0.29, 0.717) is 12.1 Å². The fraction of sp³-hybridized carbons (Fsp3) is 0.542. The van der Waals surface area contributed by atoms with Crippen molar-refractivity contribution in [1.82, 2.24) is 5.01 Å². The van der Waals surface area contributed by atoms with Gasteiger partial charge in [0.15, 0.2) is 0 Å². The van der Waals surface area contributed by atoms with Crippen LogP contribution in [0.25, 0.3) is 10.4 Å².